The Morgan fingerprint density at radius 1 is 1.24 bits per heavy atom. The molecule has 0 bridgehead atoms. The summed E-state index contributed by atoms with van der Waals surface area (Å²) in [6, 6.07) is 8.59. The van der Waals surface area contributed by atoms with E-state index in [1.165, 1.54) is 0 Å². The normalized spacial score (nSPS) is 11.9. The van der Waals surface area contributed by atoms with Crippen molar-refractivity contribution < 1.29 is 9.15 Å². The van der Waals surface area contributed by atoms with E-state index < -0.39 is 0 Å². The van der Waals surface area contributed by atoms with Crippen LogP contribution < -0.4 is 5.32 Å². The summed E-state index contributed by atoms with van der Waals surface area (Å²) in [6.07, 6.45) is 0. The average Bonchev–Trinajstić information content (AvgIpc) is 2.79. The molecule has 2 rings (SSSR count). The highest BCUT2D eigenvalue weighted by atomic mass is 16.5. The van der Waals surface area contributed by atoms with Gasteiger partial charge in [-0.05, 0) is 20.2 Å². The van der Waals surface area contributed by atoms with E-state index in [9.17, 15) is 0 Å². The maximum atomic E-state index is 5.97. The van der Waals surface area contributed by atoms with Crippen molar-refractivity contribution in [3.05, 3.63) is 35.6 Å². The van der Waals surface area contributed by atoms with Gasteiger partial charge in [-0.2, -0.15) is 0 Å². The largest absolute Gasteiger partial charge is 0.459 e. The van der Waals surface area contributed by atoms with Crippen LogP contribution in [0.15, 0.2) is 28.7 Å². The molecule has 1 N–H and O–H groups in total. The Morgan fingerprint density at radius 3 is 2.71 bits per heavy atom. The van der Waals surface area contributed by atoms with Gasteiger partial charge in [0, 0.05) is 23.5 Å². The summed E-state index contributed by atoms with van der Waals surface area (Å²) >= 11 is 0. The van der Waals surface area contributed by atoms with Crippen LogP contribution in [0.3, 0.4) is 0 Å². The number of benzene rings is 1. The highest BCUT2D eigenvalue weighted by molar-refractivity contribution is 5.82. The second kappa shape index (κ2) is 7.59. The van der Waals surface area contributed by atoms with E-state index in [2.05, 4.69) is 44.2 Å². The minimum absolute atomic E-state index is 0.431. The van der Waals surface area contributed by atoms with Crippen LogP contribution in [-0.2, 0) is 17.9 Å². The van der Waals surface area contributed by atoms with Crippen molar-refractivity contribution in [3.63, 3.8) is 0 Å². The Kier molecular flexibility index (Phi) is 5.79. The Balaban J connectivity index is 2.11. The number of hydrogen-bond acceptors (Lipinski definition) is 4. The Labute approximate surface area is 127 Å². The van der Waals surface area contributed by atoms with E-state index in [-0.39, 0.29) is 0 Å². The first-order valence-corrected chi connectivity index (χ1v) is 7.53. The molecule has 0 atom stereocenters. The second-order valence-electron chi connectivity index (χ2n) is 5.89. The first-order chi connectivity index (χ1) is 10.1. The fourth-order valence-corrected chi connectivity index (χ4v) is 2.17. The lowest BCUT2D eigenvalue weighted by Gasteiger charge is -2.11. The van der Waals surface area contributed by atoms with E-state index in [4.69, 9.17) is 9.15 Å². The van der Waals surface area contributed by atoms with Gasteiger partial charge in [-0.1, -0.05) is 32.0 Å². The molecule has 0 spiro atoms. The minimum atomic E-state index is 0.431. The molecule has 4 heteroatoms. The molecule has 116 valence electrons. The van der Waals surface area contributed by atoms with Gasteiger partial charge in [0.2, 0.25) is 0 Å². The number of nitrogens with one attached hydrogen (secondary N) is 1. The molecule has 21 heavy (non-hydrogen) atoms. The molecule has 0 amide bonds. The van der Waals surface area contributed by atoms with Crippen molar-refractivity contribution in [2.75, 3.05) is 27.2 Å². The molecule has 0 aliphatic heterocycles. The Hall–Kier alpha value is -1.36. The molecule has 0 aliphatic rings. The maximum absolute atomic E-state index is 5.97. The molecule has 0 unspecified atom stereocenters. The summed E-state index contributed by atoms with van der Waals surface area (Å²) in [6.45, 7) is 7.25. The van der Waals surface area contributed by atoms with Crippen molar-refractivity contribution >= 4 is 11.0 Å². The highest BCUT2D eigenvalue weighted by Crippen LogP contribution is 2.26. The molecular weight excluding hydrogens is 264 g/mol. The average molecular weight is 290 g/mol. The van der Waals surface area contributed by atoms with Crippen molar-refractivity contribution in [2.24, 2.45) is 0 Å². The lowest BCUT2D eigenvalue weighted by atomic mass is 10.1. The predicted octanol–water partition coefficient (Wildman–Crippen LogP) is 3.01. The minimum Gasteiger partial charge on any atom is -0.459 e. The summed E-state index contributed by atoms with van der Waals surface area (Å²) in [7, 11) is 4.10. The van der Waals surface area contributed by atoms with Crippen LogP contribution >= 0.6 is 0 Å². The van der Waals surface area contributed by atoms with Gasteiger partial charge in [0.05, 0.1) is 19.8 Å². The molecule has 1 heterocycles. The third-order valence-corrected chi connectivity index (χ3v) is 3.38. The number of likely N-dealkylation sites (N-methyl/N-ethyl adjacent to an activating group) is 1. The monoisotopic (exact) mass is 290 g/mol. The molecule has 1 aromatic carbocycles. The fourth-order valence-electron chi connectivity index (χ4n) is 2.17. The SMILES string of the molecule is CC(C)NCc1oc2ccccc2c1COCCN(C)C. The molecule has 2 aromatic rings. The molecule has 0 aliphatic carbocycles. The summed E-state index contributed by atoms with van der Waals surface area (Å²) < 4.78 is 11.8. The standard InChI is InChI=1S/C17H26N2O2/c1-13(2)18-11-17-15(12-20-10-9-19(3)4)14-7-5-6-8-16(14)21-17/h5-8,13,18H,9-12H2,1-4H3. The van der Waals surface area contributed by atoms with Crippen molar-refractivity contribution in [3.8, 4) is 0 Å². The maximum Gasteiger partial charge on any atom is 0.134 e. The fraction of sp³-hybridized carbons (Fsp3) is 0.529. The first-order valence-electron chi connectivity index (χ1n) is 7.53. The van der Waals surface area contributed by atoms with Gasteiger partial charge in [-0.15, -0.1) is 0 Å². The Morgan fingerprint density at radius 2 is 2.00 bits per heavy atom. The van der Waals surface area contributed by atoms with Crippen LogP contribution in [0, 0.1) is 0 Å². The van der Waals surface area contributed by atoms with Crippen LogP contribution in [-0.4, -0.2) is 38.2 Å². The molecule has 0 saturated heterocycles. The van der Waals surface area contributed by atoms with E-state index >= 15 is 0 Å². The van der Waals surface area contributed by atoms with Gasteiger partial charge in [0.1, 0.15) is 11.3 Å². The van der Waals surface area contributed by atoms with Gasteiger partial charge in [-0.3, -0.25) is 0 Å². The van der Waals surface area contributed by atoms with Crippen LogP contribution in [0.2, 0.25) is 0 Å². The number of hydrogen-bond donors (Lipinski definition) is 1. The van der Waals surface area contributed by atoms with Gasteiger partial charge in [0.25, 0.3) is 0 Å². The summed E-state index contributed by atoms with van der Waals surface area (Å²) in [5.74, 6) is 0.981. The zero-order valence-electron chi connectivity index (χ0n) is 13.5. The number of rotatable bonds is 8. The van der Waals surface area contributed by atoms with Gasteiger partial charge >= 0.3 is 0 Å². The number of nitrogens with zero attached hydrogens (tertiary/aromatic N) is 1. The van der Waals surface area contributed by atoms with Crippen molar-refractivity contribution in [2.45, 2.75) is 33.0 Å². The van der Waals surface area contributed by atoms with Crippen LogP contribution in [0.25, 0.3) is 11.0 Å². The molecule has 1 aromatic heterocycles. The molecule has 4 nitrogen and oxygen atoms in total. The molecule has 0 fully saturated rings. The van der Waals surface area contributed by atoms with E-state index in [1.807, 2.05) is 18.2 Å². The first kappa shape index (κ1) is 16.0. The third-order valence-electron chi connectivity index (χ3n) is 3.38. The van der Waals surface area contributed by atoms with Gasteiger partial charge < -0.3 is 19.4 Å². The molecular formula is C17H26N2O2. The number of para-hydroxylation sites is 1. The molecule has 0 radical (unpaired) electrons. The van der Waals surface area contributed by atoms with E-state index in [1.54, 1.807) is 0 Å². The van der Waals surface area contributed by atoms with Crippen LogP contribution in [0.5, 0.6) is 0 Å². The van der Waals surface area contributed by atoms with Crippen molar-refractivity contribution in [1.29, 1.82) is 0 Å². The van der Waals surface area contributed by atoms with E-state index in [0.29, 0.717) is 12.6 Å². The summed E-state index contributed by atoms with van der Waals surface area (Å²) in [5, 5.41) is 4.57. The van der Waals surface area contributed by atoms with Crippen molar-refractivity contribution in [1.82, 2.24) is 10.2 Å². The lowest BCUT2D eigenvalue weighted by molar-refractivity contribution is 0.105. The topological polar surface area (TPSA) is 37.6 Å². The zero-order valence-corrected chi connectivity index (χ0v) is 13.5. The highest BCUT2D eigenvalue weighted by Gasteiger charge is 2.14. The summed E-state index contributed by atoms with van der Waals surface area (Å²) in [4.78, 5) is 2.12. The summed E-state index contributed by atoms with van der Waals surface area (Å²) in [5.41, 5.74) is 2.10. The molecule has 0 saturated carbocycles. The van der Waals surface area contributed by atoms with Gasteiger partial charge in [0.15, 0.2) is 0 Å². The van der Waals surface area contributed by atoms with Gasteiger partial charge in [-0.25, -0.2) is 0 Å². The van der Waals surface area contributed by atoms with Crippen LogP contribution in [0.4, 0.5) is 0 Å². The zero-order chi connectivity index (χ0) is 15.2. The number of furan rings is 1. The van der Waals surface area contributed by atoms with E-state index in [0.717, 1.165) is 42.0 Å². The predicted molar refractivity (Wildman–Crippen MR) is 86.4 cm³/mol. The Bertz CT molecular complexity index is 561. The third kappa shape index (κ3) is 4.56. The smallest absolute Gasteiger partial charge is 0.134 e. The number of fused-ring (bicyclic) bond motifs is 1. The quantitative estimate of drug-likeness (QED) is 0.758. The van der Waals surface area contributed by atoms with Crippen LogP contribution in [0.1, 0.15) is 25.2 Å². The number of ether oxygens (including phenoxy) is 1. The lowest BCUT2D eigenvalue weighted by Crippen LogP contribution is -2.22. The second-order valence-corrected chi connectivity index (χ2v) is 5.89.